The van der Waals surface area contributed by atoms with Gasteiger partial charge in [0.25, 0.3) is 0 Å². The lowest BCUT2D eigenvalue weighted by Crippen LogP contribution is -2.36. The Morgan fingerprint density at radius 1 is 1.20 bits per heavy atom. The van der Waals surface area contributed by atoms with Crippen molar-refractivity contribution >= 4 is 0 Å². The number of rotatable bonds is 8. The number of nitrogens with one attached hydrogen (secondary N) is 2. The lowest BCUT2D eigenvalue weighted by Gasteiger charge is -2.13. The minimum Gasteiger partial charge on any atom is -0.315 e. The maximum Gasteiger partial charge on any atom is 0.0766 e. The van der Waals surface area contributed by atoms with E-state index in [0.29, 0.717) is 6.04 Å². The maximum absolute atomic E-state index is 4.58. The van der Waals surface area contributed by atoms with Gasteiger partial charge in [-0.15, -0.1) is 0 Å². The van der Waals surface area contributed by atoms with Crippen molar-refractivity contribution in [2.75, 3.05) is 13.1 Å². The van der Waals surface area contributed by atoms with Gasteiger partial charge in [-0.25, -0.2) is 4.68 Å². The molecule has 0 aliphatic rings. The highest BCUT2D eigenvalue weighted by Crippen LogP contribution is 2.06. The van der Waals surface area contributed by atoms with Gasteiger partial charge < -0.3 is 10.6 Å². The van der Waals surface area contributed by atoms with Crippen LogP contribution in [0.2, 0.25) is 0 Å². The highest BCUT2D eigenvalue weighted by Gasteiger charge is 2.04. The highest BCUT2D eigenvalue weighted by molar-refractivity contribution is 5.30. The molecule has 2 rings (SSSR count). The van der Waals surface area contributed by atoms with Gasteiger partial charge in [0.05, 0.1) is 11.4 Å². The Bertz CT molecular complexity index is 492. The summed E-state index contributed by atoms with van der Waals surface area (Å²) in [5.74, 6) is 0. The molecule has 1 unspecified atom stereocenters. The summed E-state index contributed by atoms with van der Waals surface area (Å²) in [7, 11) is 0. The Labute approximate surface area is 121 Å². The molecule has 0 saturated carbocycles. The quantitative estimate of drug-likeness (QED) is 0.725. The molecule has 0 aliphatic heterocycles. The molecule has 4 heteroatoms. The first-order valence-corrected chi connectivity index (χ1v) is 7.33. The predicted octanol–water partition coefficient (Wildman–Crippen LogP) is 2.35. The molecule has 0 spiro atoms. The van der Waals surface area contributed by atoms with Gasteiger partial charge >= 0.3 is 0 Å². The lowest BCUT2D eigenvalue weighted by molar-refractivity contribution is 0.497. The molecule has 108 valence electrons. The molecule has 1 atom stereocenters. The van der Waals surface area contributed by atoms with E-state index < -0.39 is 0 Å². The molecule has 2 aromatic rings. The highest BCUT2D eigenvalue weighted by atomic mass is 15.3. The molecule has 2 N–H and O–H groups in total. The number of nitrogens with zero attached hydrogens (tertiary/aromatic N) is 2. The van der Waals surface area contributed by atoms with E-state index in [4.69, 9.17) is 0 Å². The molecular weight excluding hydrogens is 248 g/mol. The van der Waals surface area contributed by atoms with Crippen LogP contribution in [0.25, 0.3) is 5.69 Å². The Hall–Kier alpha value is -1.65. The predicted molar refractivity (Wildman–Crippen MR) is 83.0 cm³/mol. The van der Waals surface area contributed by atoms with Crippen molar-refractivity contribution in [3.05, 3.63) is 48.3 Å². The molecule has 0 bridgehead atoms. The Morgan fingerprint density at radius 3 is 2.75 bits per heavy atom. The van der Waals surface area contributed by atoms with Gasteiger partial charge in [-0.05, 0) is 38.1 Å². The van der Waals surface area contributed by atoms with E-state index in [1.54, 1.807) is 0 Å². The first-order valence-electron chi connectivity index (χ1n) is 7.33. The Morgan fingerprint density at radius 2 is 2.00 bits per heavy atom. The summed E-state index contributed by atoms with van der Waals surface area (Å²) in [5.41, 5.74) is 2.16. The van der Waals surface area contributed by atoms with E-state index in [-0.39, 0.29) is 0 Å². The summed E-state index contributed by atoms with van der Waals surface area (Å²) in [5, 5.41) is 11.5. The van der Waals surface area contributed by atoms with Gasteiger partial charge in [-0.1, -0.05) is 25.1 Å². The summed E-state index contributed by atoms with van der Waals surface area (Å²) >= 11 is 0. The van der Waals surface area contributed by atoms with Crippen molar-refractivity contribution in [3.8, 4) is 5.69 Å². The van der Waals surface area contributed by atoms with E-state index in [2.05, 4.69) is 47.8 Å². The second kappa shape index (κ2) is 7.82. The van der Waals surface area contributed by atoms with Crippen molar-refractivity contribution in [1.82, 2.24) is 20.4 Å². The van der Waals surface area contributed by atoms with Crippen LogP contribution in [0.4, 0.5) is 0 Å². The third-order valence-corrected chi connectivity index (χ3v) is 3.17. The SMILES string of the molecule is CCCNCC(C)NCc1ccn(-c2ccccc2)n1. The third kappa shape index (κ3) is 4.47. The van der Waals surface area contributed by atoms with Gasteiger partial charge in [0.2, 0.25) is 0 Å². The Kier molecular flexibility index (Phi) is 5.77. The monoisotopic (exact) mass is 272 g/mol. The van der Waals surface area contributed by atoms with Crippen LogP contribution in [-0.4, -0.2) is 28.9 Å². The maximum atomic E-state index is 4.58. The molecule has 0 aliphatic carbocycles. The lowest BCUT2D eigenvalue weighted by atomic mass is 10.3. The number of hydrogen-bond acceptors (Lipinski definition) is 3. The van der Waals surface area contributed by atoms with Gasteiger partial charge in [-0.3, -0.25) is 0 Å². The van der Waals surface area contributed by atoms with Crippen LogP contribution in [-0.2, 0) is 6.54 Å². The average Bonchev–Trinajstić information content (AvgIpc) is 2.95. The van der Waals surface area contributed by atoms with Crippen LogP contribution in [0.15, 0.2) is 42.6 Å². The van der Waals surface area contributed by atoms with Gasteiger partial charge in [0.15, 0.2) is 0 Å². The van der Waals surface area contributed by atoms with Crippen LogP contribution >= 0.6 is 0 Å². The van der Waals surface area contributed by atoms with Gasteiger partial charge in [-0.2, -0.15) is 5.10 Å². The van der Waals surface area contributed by atoms with E-state index in [9.17, 15) is 0 Å². The van der Waals surface area contributed by atoms with Crippen LogP contribution in [0, 0.1) is 0 Å². The van der Waals surface area contributed by atoms with Crippen LogP contribution in [0.1, 0.15) is 26.0 Å². The standard InChI is InChI=1S/C16H24N4/c1-3-10-17-12-14(2)18-13-15-9-11-20(19-15)16-7-5-4-6-8-16/h4-9,11,14,17-18H,3,10,12-13H2,1-2H3. The molecule has 0 fully saturated rings. The van der Waals surface area contributed by atoms with Gasteiger partial charge in [0, 0.05) is 25.3 Å². The summed E-state index contributed by atoms with van der Waals surface area (Å²) < 4.78 is 1.91. The topological polar surface area (TPSA) is 41.9 Å². The summed E-state index contributed by atoms with van der Waals surface area (Å²) in [6.07, 6.45) is 3.18. The number of aromatic nitrogens is 2. The molecule has 0 saturated heterocycles. The first-order chi connectivity index (χ1) is 9.79. The van der Waals surface area contributed by atoms with Crippen LogP contribution in [0.3, 0.4) is 0 Å². The molecule has 1 aromatic heterocycles. The third-order valence-electron chi connectivity index (χ3n) is 3.17. The number of hydrogen-bond donors (Lipinski definition) is 2. The molecule has 1 heterocycles. The fraction of sp³-hybridized carbons (Fsp3) is 0.438. The minimum atomic E-state index is 0.448. The summed E-state index contributed by atoms with van der Waals surface area (Å²) in [6.45, 7) is 7.24. The number of para-hydroxylation sites is 1. The van der Waals surface area contributed by atoms with E-state index in [1.165, 1.54) is 6.42 Å². The molecule has 0 amide bonds. The molecular formula is C16H24N4. The van der Waals surface area contributed by atoms with Crippen LogP contribution in [0.5, 0.6) is 0 Å². The fourth-order valence-corrected chi connectivity index (χ4v) is 2.03. The second-order valence-corrected chi connectivity index (χ2v) is 5.07. The molecule has 0 radical (unpaired) electrons. The first kappa shape index (κ1) is 14.8. The number of benzene rings is 1. The minimum absolute atomic E-state index is 0.448. The smallest absolute Gasteiger partial charge is 0.0766 e. The zero-order chi connectivity index (χ0) is 14.2. The molecule has 20 heavy (non-hydrogen) atoms. The van der Waals surface area contributed by atoms with Crippen molar-refractivity contribution in [3.63, 3.8) is 0 Å². The van der Waals surface area contributed by atoms with Crippen molar-refractivity contribution in [2.24, 2.45) is 0 Å². The molecule has 1 aromatic carbocycles. The normalized spacial score (nSPS) is 12.5. The van der Waals surface area contributed by atoms with Crippen LogP contribution < -0.4 is 10.6 Å². The van der Waals surface area contributed by atoms with Crippen molar-refractivity contribution in [1.29, 1.82) is 0 Å². The Balaban J connectivity index is 1.81. The zero-order valence-corrected chi connectivity index (χ0v) is 12.3. The van der Waals surface area contributed by atoms with E-state index >= 15 is 0 Å². The largest absolute Gasteiger partial charge is 0.315 e. The van der Waals surface area contributed by atoms with E-state index in [0.717, 1.165) is 31.0 Å². The van der Waals surface area contributed by atoms with Crippen molar-refractivity contribution < 1.29 is 0 Å². The van der Waals surface area contributed by atoms with Gasteiger partial charge in [0.1, 0.15) is 0 Å². The summed E-state index contributed by atoms with van der Waals surface area (Å²) in [6, 6.07) is 12.7. The molecule has 4 nitrogen and oxygen atoms in total. The van der Waals surface area contributed by atoms with E-state index in [1.807, 2.05) is 29.1 Å². The zero-order valence-electron chi connectivity index (χ0n) is 12.3. The summed E-state index contributed by atoms with van der Waals surface area (Å²) in [4.78, 5) is 0. The fourth-order valence-electron chi connectivity index (χ4n) is 2.03. The van der Waals surface area contributed by atoms with Crippen molar-refractivity contribution in [2.45, 2.75) is 32.9 Å². The average molecular weight is 272 g/mol. The second-order valence-electron chi connectivity index (χ2n) is 5.07.